The van der Waals surface area contributed by atoms with Crippen molar-refractivity contribution in [2.75, 3.05) is 6.54 Å². The first kappa shape index (κ1) is 12.9. The summed E-state index contributed by atoms with van der Waals surface area (Å²) in [6, 6.07) is 9.38. The van der Waals surface area contributed by atoms with Crippen molar-refractivity contribution in [2.24, 2.45) is 0 Å². The van der Waals surface area contributed by atoms with Crippen LogP contribution in [0.2, 0.25) is 0 Å². The number of hydrogen-bond acceptors (Lipinski definition) is 3. The van der Waals surface area contributed by atoms with Gasteiger partial charge in [-0.15, -0.1) is 0 Å². The Kier molecular flexibility index (Phi) is 3.32. The van der Waals surface area contributed by atoms with E-state index < -0.39 is 5.97 Å². The fraction of sp³-hybridized carbons (Fsp3) is 0.312. The molecule has 2 aromatic rings. The van der Waals surface area contributed by atoms with Gasteiger partial charge in [0.2, 0.25) is 0 Å². The highest BCUT2D eigenvalue weighted by molar-refractivity contribution is 5.87. The molecule has 0 bridgehead atoms. The molecule has 0 saturated heterocycles. The summed E-state index contributed by atoms with van der Waals surface area (Å²) < 4.78 is 5.60. The molecular formula is C16H17NO3. The zero-order chi connectivity index (χ0) is 14.1. The van der Waals surface area contributed by atoms with E-state index in [9.17, 15) is 4.79 Å². The number of carboxylic acid groups (broad SMARTS) is 1. The largest absolute Gasteiger partial charge is 0.478 e. The van der Waals surface area contributed by atoms with Gasteiger partial charge in [-0.2, -0.15) is 0 Å². The molecule has 104 valence electrons. The molecule has 3 rings (SSSR count). The van der Waals surface area contributed by atoms with Crippen LogP contribution in [0.15, 0.2) is 34.7 Å². The third kappa shape index (κ3) is 2.60. The molecule has 4 nitrogen and oxygen atoms in total. The Morgan fingerprint density at radius 3 is 2.85 bits per heavy atom. The molecule has 1 aliphatic rings. The average molecular weight is 271 g/mol. The molecule has 0 atom stereocenters. The molecule has 0 amide bonds. The fourth-order valence-corrected chi connectivity index (χ4v) is 2.67. The van der Waals surface area contributed by atoms with Gasteiger partial charge in [-0.1, -0.05) is 6.07 Å². The van der Waals surface area contributed by atoms with Crippen LogP contribution >= 0.6 is 0 Å². The monoisotopic (exact) mass is 271 g/mol. The van der Waals surface area contributed by atoms with Crippen LogP contribution in [0.4, 0.5) is 0 Å². The van der Waals surface area contributed by atoms with E-state index in [-0.39, 0.29) is 0 Å². The maximum atomic E-state index is 11.0. The van der Waals surface area contributed by atoms with E-state index in [2.05, 4.69) is 4.90 Å². The Bertz CT molecular complexity index is 645. The Morgan fingerprint density at radius 2 is 2.15 bits per heavy atom. The number of benzene rings is 1. The van der Waals surface area contributed by atoms with Crippen LogP contribution in [0, 0.1) is 6.92 Å². The predicted octanol–water partition coefficient (Wildman–Crippen LogP) is 2.84. The zero-order valence-corrected chi connectivity index (χ0v) is 11.4. The lowest BCUT2D eigenvalue weighted by Crippen LogP contribution is -2.30. The van der Waals surface area contributed by atoms with E-state index in [0.717, 1.165) is 43.1 Å². The Hall–Kier alpha value is -2.07. The molecule has 0 spiro atoms. The number of aromatic carboxylic acids is 1. The fourth-order valence-electron chi connectivity index (χ4n) is 2.67. The summed E-state index contributed by atoms with van der Waals surface area (Å²) in [6.07, 6.45) is 0.953. The number of carbonyl (C=O) groups is 1. The van der Waals surface area contributed by atoms with Crippen molar-refractivity contribution >= 4 is 5.97 Å². The van der Waals surface area contributed by atoms with Crippen LogP contribution < -0.4 is 0 Å². The molecule has 1 N–H and O–H groups in total. The number of furan rings is 1. The number of carboxylic acids is 1. The molecule has 0 unspecified atom stereocenters. The van der Waals surface area contributed by atoms with Crippen molar-refractivity contribution in [2.45, 2.75) is 26.4 Å². The highest BCUT2D eigenvalue weighted by atomic mass is 16.4. The van der Waals surface area contributed by atoms with E-state index in [1.807, 2.05) is 25.1 Å². The number of fused-ring (bicyclic) bond motifs is 1. The van der Waals surface area contributed by atoms with Crippen molar-refractivity contribution in [3.8, 4) is 0 Å². The highest BCUT2D eigenvalue weighted by Crippen LogP contribution is 2.22. The van der Waals surface area contributed by atoms with Crippen LogP contribution in [0.3, 0.4) is 0 Å². The second-order valence-corrected chi connectivity index (χ2v) is 5.26. The molecule has 0 aliphatic carbocycles. The van der Waals surface area contributed by atoms with Crippen molar-refractivity contribution in [1.82, 2.24) is 4.90 Å². The summed E-state index contributed by atoms with van der Waals surface area (Å²) >= 11 is 0. The average Bonchev–Trinajstić information content (AvgIpc) is 2.83. The molecule has 0 fully saturated rings. The first-order valence-corrected chi connectivity index (χ1v) is 6.74. The van der Waals surface area contributed by atoms with Gasteiger partial charge in [0.15, 0.2) is 0 Å². The lowest BCUT2D eigenvalue weighted by atomic mass is 9.97. The molecule has 1 aromatic heterocycles. The first-order valence-electron chi connectivity index (χ1n) is 6.74. The molecule has 20 heavy (non-hydrogen) atoms. The van der Waals surface area contributed by atoms with Crippen molar-refractivity contribution < 1.29 is 14.3 Å². The minimum atomic E-state index is -0.869. The van der Waals surface area contributed by atoms with Gasteiger partial charge in [0, 0.05) is 13.1 Å². The van der Waals surface area contributed by atoms with Crippen LogP contribution in [0.1, 0.15) is 33.0 Å². The van der Waals surface area contributed by atoms with E-state index in [4.69, 9.17) is 9.52 Å². The van der Waals surface area contributed by atoms with Gasteiger partial charge in [0.05, 0.1) is 12.1 Å². The van der Waals surface area contributed by atoms with Gasteiger partial charge in [-0.25, -0.2) is 4.79 Å². The van der Waals surface area contributed by atoms with E-state index in [0.29, 0.717) is 5.56 Å². The molecule has 1 aliphatic heterocycles. The SMILES string of the molecule is Cc1ccc(CN2CCc3ccc(C(=O)O)cc3C2)o1. The van der Waals surface area contributed by atoms with Crippen LogP contribution in [0.25, 0.3) is 0 Å². The molecular weight excluding hydrogens is 254 g/mol. The summed E-state index contributed by atoms with van der Waals surface area (Å²) in [5, 5.41) is 9.06. The number of aryl methyl sites for hydroxylation is 1. The number of nitrogens with zero attached hydrogens (tertiary/aromatic N) is 1. The van der Waals surface area contributed by atoms with Gasteiger partial charge >= 0.3 is 5.97 Å². The van der Waals surface area contributed by atoms with Crippen molar-refractivity contribution in [1.29, 1.82) is 0 Å². The Labute approximate surface area is 117 Å². The highest BCUT2D eigenvalue weighted by Gasteiger charge is 2.18. The summed E-state index contributed by atoms with van der Waals surface area (Å²) in [5.74, 6) is 1.01. The lowest BCUT2D eigenvalue weighted by molar-refractivity contribution is 0.0696. The van der Waals surface area contributed by atoms with Gasteiger partial charge in [-0.3, -0.25) is 4.90 Å². The minimum Gasteiger partial charge on any atom is -0.478 e. The van der Waals surface area contributed by atoms with Gasteiger partial charge in [-0.05, 0) is 48.7 Å². The quantitative estimate of drug-likeness (QED) is 0.932. The topological polar surface area (TPSA) is 53.7 Å². The van der Waals surface area contributed by atoms with Crippen molar-refractivity contribution in [3.63, 3.8) is 0 Å². The second kappa shape index (κ2) is 5.13. The van der Waals surface area contributed by atoms with E-state index in [1.54, 1.807) is 12.1 Å². The summed E-state index contributed by atoms with van der Waals surface area (Å²) in [4.78, 5) is 13.3. The van der Waals surface area contributed by atoms with Crippen molar-refractivity contribution in [3.05, 3.63) is 58.5 Å². The van der Waals surface area contributed by atoms with Crippen LogP contribution in [0.5, 0.6) is 0 Å². The lowest BCUT2D eigenvalue weighted by Gasteiger charge is -2.28. The van der Waals surface area contributed by atoms with Crippen LogP contribution in [-0.2, 0) is 19.5 Å². The van der Waals surface area contributed by atoms with E-state index in [1.165, 1.54) is 5.56 Å². The third-order valence-electron chi connectivity index (χ3n) is 3.72. The molecule has 1 aromatic carbocycles. The van der Waals surface area contributed by atoms with Gasteiger partial charge in [0.25, 0.3) is 0 Å². The normalized spacial score (nSPS) is 15.1. The van der Waals surface area contributed by atoms with Gasteiger partial charge < -0.3 is 9.52 Å². The molecule has 0 saturated carbocycles. The molecule has 2 heterocycles. The van der Waals surface area contributed by atoms with Crippen LogP contribution in [-0.4, -0.2) is 22.5 Å². The smallest absolute Gasteiger partial charge is 0.335 e. The molecule has 4 heteroatoms. The standard InChI is InChI=1S/C16H17NO3/c1-11-2-5-15(20-11)10-17-7-6-12-3-4-13(16(18)19)8-14(12)9-17/h2-5,8H,6-7,9-10H2,1H3,(H,18,19). The third-order valence-corrected chi connectivity index (χ3v) is 3.72. The summed E-state index contributed by atoms with van der Waals surface area (Å²) in [5.41, 5.74) is 2.72. The Balaban J connectivity index is 1.76. The van der Waals surface area contributed by atoms with Gasteiger partial charge in [0.1, 0.15) is 11.5 Å². The second-order valence-electron chi connectivity index (χ2n) is 5.26. The minimum absolute atomic E-state index is 0.361. The first-order chi connectivity index (χ1) is 9.61. The number of rotatable bonds is 3. The van der Waals surface area contributed by atoms with E-state index >= 15 is 0 Å². The number of hydrogen-bond donors (Lipinski definition) is 1. The maximum absolute atomic E-state index is 11.0. The summed E-state index contributed by atoms with van der Waals surface area (Å²) in [7, 11) is 0. The maximum Gasteiger partial charge on any atom is 0.335 e. The Morgan fingerprint density at radius 1 is 1.30 bits per heavy atom. The summed E-state index contributed by atoms with van der Waals surface area (Å²) in [6.45, 7) is 4.45. The predicted molar refractivity (Wildman–Crippen MR) is 74.7 cm³/mol. The zero-order valence-electron chi connectivity index (χ0n) is 11.4. The molecule has 0 radical (unpaired) electrons.